The van der Waals surface area contributed by atoms with Crippen molar-refractivity contribution >= 4 is 29.0 Å². The summed E-state index contributed by atoms with van der Waals surface area (Å²) in [6.45, 7) is 2.64. The van der Waals surface area contributed by atoms with Gasteiger partial charge in [0.1, 0.15) is 10.8 Å². The Balaban J connectivity index is 2.14. The average molecular weight is 283 g/mol. The molecule has 94 valence electrons. The van der Waals surface area contributed by atoms with E-state index < -0.39 is 0 Å². The van der Waals surface area contributed by atoms with E-state index in [0.29, 0.717) is 17.4 Å². The fourth-order valence-corrected chi connectivity index (χ4v) is 1.88. The van der Waals surface area contributed by atoms with Gasteiger partial charge < -0.3 is 5.32 Å². The Morgan fingerprint density at radius 2 is 2.11 bits per heavy atom. The molecule has 0 unspecified atom stereocenters. The van der Waals surface area contributed by atoms with Crippen LogP contribution in [0.3, 0.4) is 0 Å². The molecule has 0 atom stereocenters. The number of hydrogen-bond acceptors (Lipinski definition) is 4. The maximum atomic E-state index is 5.97. The highest BCUT2D eigenvalue weighted by Crippen LogP contribution is 2.20. The molecular formula is C12H12Cl2N4. The van der Waals surface area contributed by atoms with Crippen molar-refractivity contribution in [3.8, 4) is 0 Å². The number of halogens is 2. The van der Waals surface area contributed by atoms with Gasteiger partial charge in [0, 0.05) is 6.20 Å². The Morgan fingerprint density at radius 3 is 2.89 bits per heavy atom. The summed E-state index contributed by atoms with van der Waals surface area (Å²) >= 11 is 11.7. The number of nitrogens with one attached hydrogen (secondary N) is 1. The first-order valence-corrected chi connectivity index (χ1v) is 6.31. The first-order valence-electron chi connectivity index (χ1n) is 5.55. The van der Waals surface area contributed by atoms with Crippen LogP contribution in [0.2, 0.25) is 10.3 Å². The first-order chi connectivity index (χ1) is 8.70. The van der Waals surface area contributed by atoms with Gasteiger partial charge in [-0.3, -0.25) is 4.98 Å². The molecule has 2 aromatic rings. The van der Waals surface area contributed by atoms with Gasteiger partial charge in [0.2, 0.25) is 5.28 Å². The van der Waals surface area contributed by atoms with Gasteiger partial charge in [-0.05, 0) is 29.7 Å². The minimum absolute atomic E-state index is 0.165. The molecule has 2 rings (SSSR count). The first kappa shape index (κ1) is 13.1. The lowest BCUT2D eigenvalue weighted by atomic mass is 10.1. The van der Waals surface area contributed by atoms with Crippen LogP contribution in [-0.2, 0) is 13.0 Å². The van der Waals surface area contributed by atoms with E-state index in [1.165, 1.54) is 11.8 Å². The summed E-state index contributed by atoms with van der Waals surface area (Å²) in [7, 11) is 0. The van der Waals surface area contributed by atoms with Crippen molar-refractivity contribution in [1.29, 1.82) is 0 Å². The number of nitrogens with zero attached hydrogens (tertiary/aromatic N) is 3. The molecule has 0 fully saturated rings. The molecule has 0 aromatic carbocycles. The molecule has 0 aliphatic carbocycles. The van der Waals surface area contributed by atoms with Gasteiger partial charge in [0.05, 0.1) is 18.4 Å². The molecule has 0 aliphatic heterocycles. The zero-order valence-electron chi connectivity index (χ0n) is 9.82. The van der Waals surface area contributed by atoms with Crippen molar-refractivity contribution < 1.29 is 0 Å². The highest BCUT2D eigenvalue weighted by atomic mass is 35.5. The van der Waals surface area contributed by atoms with Crippen molar-refractivity contribution in [2.75, 3.05) is 5.32 Å². The van der Waals surface area contributed by atoms with E-state index in [2.05, 4.69) is 33.3 Å². The Kier molecular flexibility index (Phi) is 4.33. The molecule has 0 saturated carbocycles. The minimum atomic E-state index is 0.165. The van der Waals surface area contributed by atoms with Crippen LogP contribution in [0, 0.1) is 0 Å². The van der Waals surface area contributed by atoms with Crippen LogP contribution in [0.15, 0.2) is 24.5 Å². The summed E-state index contributed by atoms with van der Waals surface area (Å²) < 4.78 is 0. The van der Waals surface area contributed by atoms with E-state index in [4.69, 9.17) is 23.2 Å². The van der Waals surface area contributed by atoms with E-state index in [9.17, 15) is 0 Å². The topological polar surface area (TPSA) is 50.7 Å². The van der Waals surface area contributed by atoms with Crippen LogP contribution < -0.4 is 5.32 Å². The number of aryl methyl sites for hydroxylation is 1. The fraction of sp³-hybridized carbons (Fsp3) is 0.250. The maximum Gasteiger partial charge on any atom is 0.224 e. The molecule has 0 amide bonds. The molecular weight excluding hydrogens is 271 g/mol. The SMILES string of the molecule is CCc1cccnc1CNc1nc(Cl)ncc1Cl. The minimum Gasteiger partial charge on any atom is -0.363 e. The van der Waals surface area contributed by atoms with E-state index in [1.807, 2.05) is 6.07 Å². The van der Waals surface area contributed by atoms with Gasteiger partial charge in [-0.25, -0.2) is 4.98 Å². The number of rotatable bonds is 4. The highest BCUT2D eigenvalue weighted by Gasteiger charge is 2.06. The maximum absolute atomic E-state index is 5.97. The van der Waals surface area contributed by atoms with Gasteiger partial charge in [-0.1, -0.05) is 24.6 Å². The average Bonchev–Trinajstić information content (AvgIpc) is 2.40. The second-order valence-electron chi connectivity index (χ2n) is 3.65. The van der Waals surface area contributed by atoms with Gasteiger partial charge in [0.15, 0.2) is 0 Å². The normalized spacial score (nSPS) is 10.4. The summed E-state index contributed by atoms with van der Waals surface area (Å²) in [5.41, 5.74) is 2.17. The van der Waals surface area contributed by atoms with Crippen molar-refractivity contribution in [1.82, 2.24) is 15.0 Å². The molecule has 6 heteroatoms. The van der Waals surface area contributed by atoms with Crippen LogP contribution in [0.5, 0.6) is 0 Å². The van der Waals surface area contributed by atoms with Crippen LogP contribution >= 0.6 is 23.2 Å². The molecule has 0 aliphatic rings. The predicted molar refractivity (Wildman–Crippen MR) is 73.0 cm³/mol. The third kappa shape index (κ3) is 3.09. The molecule has 0 saturated heterocycles. The lowest BCUT2D eigenvalue weighted by Gasteiger charge is -2.09. The number of anilines is 1. The van der Waals surface area contributed by atoms with E-state index in [-0.39, 0.29) is 5.28 Å². The third-order valence-electron chi connectivity index (χ3n) is 2.50. The molecule has 0 radical (unpaired) electrons. The van der Waals surface area contributed by atoms with Crippen molar-refractivity contribution in [2.24, 2.45) is 0 Å². The lowest BCUT2D eigenvalue weighted by Crippen LogP contribution is -2.06. The molecule has 1 N–H and O–H groups in total. The Labute approximate surface area is 115 Å². The summed E-state index contributed by atoms with van der Waals surface area (Å²) in [5, 5.41) is 3.72. The smallest absolute Gasteiger partial charge is 0.224 e. The number of hydrogen-bond donors (Lipinski definition) is 1. The Morgan fingerprint density at radius 1 is 1.28 bits per heavy atom. The monoisotopic (exact) mass is 282 g/mol. The summed E-state index contributed by atoms with van der Waals surface area (Å²) in [5.74, 6) is 0.518. The van der Waals surface area contributed by atoms with Gasteiger partial charge >= 0.3 is 0 Å². The quantitative estimate of drug-likeness (QED) is 0.874. The lowest BCUT2D eigenvalue weighted by molar-refractivity contribution is 0.961. The second-order valence-corrected chi connectivity index (χ2v) is 4.40. The van der Waals surface area contributed by atoms with Crippen LogP contribution in [0.1, 0.15) is 18.2 Å². The summed E-state index contributed by atoms with van der Waals surface area (Å²) in [6.07, 6.45) is 4.17. The molecule has 4 nitrogen and oxygen atoms in total. The Bertz CT molecular complexity index is 545. The second kappa shape index (κ2) is 5.98. The number of aromatic nitrogens is 3. The zero-order valence-corrected chi connectivity index (χ0v) is 11.3. The predicted octanol–water partition coefficient (Wildman–Crippen LogP) is 3.35. The molecule has 0 bridgehead atoms. The fourth-order valence-electron chi connectivity index (χ4n) is 1.59. The van der Waals surface area contributed by atoms with Crippen LogP contribution in [0.25, 0.3) is 0 Å². The zero-order chi connectivity index (χ0) is 13.0. The van der Waals surface area contributed by atoms with E-state index in [1.54, 1.807) is 6.20 Å². The van der Waals surface area contributed by atoms with Crippen molar-refractivity contribution in [3.63, 3.8) is 0 Å². The van der Waals surface area contributed by atoms with E-state index >= 15 is 0 Å². The molecule has 0 spiro atoms. The van der Waals surface area contributed by atoms with E-state index in [0.717, 1.165) is 12.1 Å². The molecule has 18 heavy (non-hydrogen) atoms. The molecule has 2 aromatic heterocycles. The Hall–Kier alpha value is -1.39. The van der Waals surface area contributed by atoms with Crippen molar-refractivity contribution in [3.05, 3.63) is 46.1 Å². The van der Waals surface area contributed by atoms with Gasteiger partial charge in [-0.15, -0.1) is 0 Å². The third-order valence-corrected chi connectivity index (χ3v) is 2.96. The van der Waals surface area contributed by atoms with Crippen molar-refractivity contribution in [2.45, 2.75) is 19.9 Å². The molecule has 2 heterocycles. The summed E-state index contributed by atoms with van der Waals surface area (Å²) in [6, 6.07) is 3.98. The van der Waals surface area contributed by atoms with Gasteiger partial charge in [0.25, 0.3) is 0 Å². The number of pyridine rings is 1. The highest BCUT2D eigenvalue weighted by molar-refractivity contribution is 6.33. The van der Waals surface area contributed by atoms with Crippen LogP contribution in [0.4, 0.5) is 5.82 Å². The summed E-state index contributed by atoms with van der Waals surface area (Å²) in [4.78, 5) is 12.2. The standard InChI is InChI=1S/C12H12Cl2N4/c1-2-8-4-3-5-15-10(8)7-16-11-9(13)6-17-12(14)18-11/h3-6H,2,7H2,1H3,(H,16,17,18). The van der Waals surface area contributed by atoms with Crippen LogP contribution in [-0.4, -0.2) is 15.0 Å². The largest absolute Gasteiger partial charge is 0.363 e. The van der Waals surface area contributed by atoms with Gasteiger partial charge in [-0.2, -0.15) is 4.98 Å².